The zero-order valence-electron chi connectivity index (χ0n) is 11.7. The molecule has 0 spiro atoms. The molecule has 0 bridgehead atoms. The van der Waals surface area contributed by atoms with E-state index in [1.54, 1.807) is 35.1 Å². The first-order valence-corrected chi connectivity index (χ1v) is 6.47. The second kappa shape index (κ2) is 5.24. The lowest BCUT2D eigenvalue weighted by molar-refractivity contribution is 0.215. The maximum absolute atomic E-state index is 11.8. The number of carbonyl (C=O) groups is 1. The van der Waals surface area contributed by atoms with Crippen LogP contribution in [0.25, 0.3) is 11.0 Å². The van der Waals surface area contributed by atoms with Crippen molar-refractivity contribution in [1.29, 1.82) is 0 Å². The summed E-state index contributed by atoms with van der Waals surface area (Å²) in [6.07, 6.45) is 1.03. The highest BCUT2D eigenvalue weighted by atomic mass is 16.6. The van der Waals surface area contributed by atoms with Crippen molar-refractivity contribution in [1.82, 2.24) is 14.8 Å². The molecule has 0 saturated carbocycles. The van der Waals surface area contributed by atoms with Crippen LogP contribution in [0.4, 0.5) is 10.5 Å². The second-order valence-corrected chi connectivity index (χ2v) is 4.63. The van der Waals surface area contributed by atoms with Gasteiger partial charge in [0.25, 0.3) is 0 Å². The summed E-state index contributed by atoms with van der Waals surface area (Å²) in [5, 5.41) is 7.84. The molecule has 1 amide bonds. The van der Waals surface area contributed by atoms with Gasteiger partial charge < -0.3 is 4.74 Å². The maximum atomic E-state index is 11.8. The Bertz CT molecular complexity index is 796. The summed E-state index contributed by atoms with van der Waals surface area (Å²) in [6, 6.07) is 10.7. The summed E-state index contributed by atoms with van der Waals surface area (Å²) < 4.78 is 6.87. The number of fused-ring (bicyclic) bond motifs is 1. The van der Waals surface area contributed by atoms with E-state index in [-0.39, 0.29) is 0 Å². The topological polar surface area (TPSA) is 69.0 Å². The SMILES string of the molecule is Cc1nn(C)c2ncc(NC(=O)Oc3ccccc3)cc12. The fraction of sp³-hybridized carbons (Fsp3) is 0.133. The van der Waals surface area contributed by atoms with Crippen molar-refractivity contribution < 1.29 is 9.53 Å². The second-order valence-electron chi connectivity index (χ2n) is 4.63. The van der Waals surface area contributed by atoms with Crippen molar-refractivity contribution in [2.24, 2.45) is 7.05 Å². The molecule has 0 atom stereocenters. The Morgan fingerprint density at radius 1 is 1.29 bits per heavy atom. The molecule has 2 aromatic heterocycles. The molecule has 0 saturated heterocycles. The minimum atomic E-state index is -0.552. The van der Waals surface area contributed by atoms with E-state index in [0.717, 1.165) is 16.7 Å². The lowest BCUT2D eigenvalue weighted by Crippen LogP contribution is -2.16. The Labute approximate surface area is 121 Å². The van der Waals surface area contributed by atoms with E-state index in [4.69, 9.17) is 4.74 Å². The Morgan fingerprint density at radius 3 is 2.81 bits per heavy atom. The van der Waals surface area contributed by atoms with Gasteiger partial charge in [0.2, 0.25) is 0 Å². The van der Waals surface area contributed by atoms with E-state index in [1.165, 1.54) is 0 Å². The number of benzene rings is 1. The molecule has 1 aromatic carbocycles. The van der Waals surface area contributed by atoms with Crippen LogP contribution < -0.4 is 10.1 Å². The quantitative estimate of drug-likeness (QED) is 0.784. The zero-order chi connectivity index (χ0) is 14.8. The van der Waals surface area contributed by atoms with Crippen LogP contribution in [0, 0.1) is 6.92 Å². The van der Waals surface area contributed by atoms with Gasteiger partial charge in [-0.1, -0.05) is 18.2 Å². The third-order valence-corrected chi connectivity index (χ3v) is 3.06. The molecule has 0 aliphatic carbocycles. The minimum Gasteiger partial charge on any atom is -0.410 e. The monoisotopic (exact) mass is 282 g/mol. The average Bonchev–Trinajstić information content (AvgIpc) is 2.74. The van der Waals surface area contributed by atoms with E-state index in [2.05, 4.69) is 15.4 Å². The largest absolute Gasteiger partial charge is 0.417 e. The van der Waals surface area contributed by atoms with Crippen LogP contribution >= 0.6 is 0 Å². The van der Waals surface area contributed by atoms with Crippen LogP contribution in [0.3, 0.4) is 0 Å². The Morgan fingerprint density at radius 2 is 2.05 bits per heavy atom. The predicted octanol–water partition coefficient (Wildman–Crippen LogP) is 2.89. The third kappa shape index (κ3) is 2.69. The summed E-state index contributed by atoms with van der Waals surface area (Å²) in [6.45, 7) is 1.90. The van der Waals surface area contributed by atoms with Crippen LogP contribution in [-0.4, -0.2) is 20.9 Å². The number of amides is 1. The van der Waals surface area contributed by atoms with Gasteiger partial charge in [-0.15, -0.1) is 0 Å². The van der Waals surface area contributed by atoms with Gasteiger partial charge in [-0.05, 0) is 25.1 Å². The highest BCUT2D eigenvalue weighted by Gasteiger charge is 2.09. The summed E-state index contributed by atoms with van der Waals surface area (Å²) in [5.41, 5.74) is 2.20. The number of carbonyl (C=O) groups excluding carboxylic acids is 1. The minimum absolute atomic E-state index is 0.488. The lowest BCUT2D eigenvalue weighted by Gasteiger charge is -2.06. The van der Waals surface area contributed by atoms with E-state index in [9.17, 15) is 4.79 Å². The standard InChI is InChI=1S/C15H14N4O2/c1-10-13-8-11(9-16-14(13)19(2)18-10)17-15(20)21-12-6-4-3-5-7-12/h3-9H,1-2H3,(H,17,20). The summed E-state index contributed by atoms with van der Waals surface area (Å²) in [4.78, 5) is 16.1. The highest BCUT2D eigenvalue weighted by molar-refractivity contribution is 5.90. The van der Waals surface area contributed by atoms with Crippen LogP contribution in [0.5, 0.6) is 5.75 Å². The van der Waals surface area contributed by atoms with Crippen LogP contribution in [0.15, 0.2) is 42.6 Å². The molecule has 0 fully saturated rings. The fourth-order valence-electron chi connectivity index (χ4n) is 2.12. The summed E-state index contributed by atoms with van der Waals surface area (Å²) >= 11 is 0. The molecule has 0 unspecified atom stereocenters. The zero-order valence-corrected chi connectivity index (χ0v) is 11.7. The van der Waals surface area contributed by atoms with Crippen molar-refractivity contribution >= 4 is 22.8 Å². The van der Waals surface area contributed by atoms with E-state index in [0.29, 0.717) is 11.4 Å². The first-order valence-electron chi connectivity index (χ1n) is 6.47. The Hall–Kier alpha value is -2.89. The van der Waals surface area contributed by atoms with E-state index in [1.807, 2.05) is 26.1 Å². The molecule has 106 valence electrons. The van der Waals surface area contributed by atoms with Gasteiger partial charge >= 0.3 is 6.09 Å². The van der Waals surface area contributed by atoms with Crippen LogP contribution in [0.1, 0.15) is 5.69 Å². The number of nitrogens with zero attached hydrogens (tertiary/aromatic N) is 3. The molecule has 1 N–H and O–H groups in total. The number of nitrogens with one attached hydrogen (secondary N) is 1. The number of aryl methyl sites for hydroxylation is 2. The molecular weight excluding hydrogens is 268 g/mol. The number of anilines is 1. The van der Waals surface area contributed by atoms with Crippen LogP contribution in [-0.2, 0) is 7.05 Å². The number of aromatic nitrogens is 3. The number of pyridine rings is 1. The molecule has 0 aliphatic rings. The molecule has 6 nitrogen and oxygen atoms in total. The molecule has 0 aliphatic heterocycles. The van der Waals surface area contributed by atoms with Crippen molar-refractivity contribution in [2.75, 3.05) is 5.32 Å². The number of rotatable bonds is 2. The van der Waals surface area contributed by atoms with Gasteiger partial charge in [0.05, 0.1) is 17.6 Å². The molecule has 3 aromatic rings. The van der Waals surface area contributed by atoms with Crippen LogP contribution in [0.2, 0.25) is 0 Å². The van der Waals surface area contributed by atoms with Gasteiger partial charge in [-0.25, -0.2) is 9.78 Å². The van der Waals surface area contributed by atoms with Gasteiger partial charge in [0, 0.05) is 12.4 Å². The average molecular weight is 282 g/mol. The maximum Gasteiger partial charge on any atom is 0.417 e. The van der Waals surface area contributed by atoms with E-state index < -0.39 is 6.09 Å². The third-order valence-electron chi connectivity index (χ3n) is 3.06. The molecule has 0 radical (unpaired) electrons. The summed E-state index contributed by atoms with van der Waals surface area (Å²) in [7, 11) is 1.83. The number of ether oxygens (including phenoxy) is 1. The normalized spacial score (nSPS) is 10.6. The smallest absolute Gasteiger partial charge is 0.410 e. The van der Waals surface area contributed by atoms with Gasteiger partial charge in [-0.2, -0.15) is 5.10 Å². The highest BCUT2D eigenvalue weighted by Crippen LogP contribution is 2.19. The van der Waals surface area contributed by atoms with Crippen molar-refractivity contribution in [3.63, 3.8) is 0 Å². The first kappa shape index (κ1) is 13.1. The molecule has 3 rings (SSSR count). The molecular formula is C15H14N4O2. The van der Waals surface area contributed by atoms with Gasteiger partial charge in [0.1, 0.15) is 5.75 Å². The lowest BCUT2D eigenvalue weighted by atomic mass is 10.2. The summed E-state index contributed by atoms with van der Waals surface area (Å²) in [5.74, 6) is 0.488. The van der Waals surface area contributed by atoms with Crippen molar-refractivity contribution in [3.8, 4) is 5.75 Å². The fourth-order valence-corrected chi connectivity index (χ4v) is 2.12. The molecule has 21 heavy (non-hydrogen) atoms. The van der Waals surface area contributed by atoms with Gasteiger partial charge in [0.15, 0.2) is 5.65 Å². The van der Waals surface area contributed by atoms with Crippen molar-refractivity contribution in [3.05, 3.63) is 48.3 Å². The Kier molecular flexibility index (Phi) is 3.27. The van der Waals surface area contributed by atoms with Gasteiger partial charge in [-0.3, -0.25) is 10.00 Å². The van der Waals surface area contributed by atoms with E-state index >= 15 is 0 Å². The first-order chi connectivity index (χ1) is 10.1. The molecule has 6 heteroatoms. The van der Waals surface area contributed by atoms with Crippen molar-refractivity contribution in [2.45, 2.75) is 6.92 Å². The predicted molar refractivity (Wildman–Crippen MR) is 79.3 cm³/mol. The number of hydrogen-bond acceptors (Lipinski definition) is 4. The molecule has 2 heterocycles. The number of para-hydroxylation sites is 1. The number of hydrogen-bond donors (Lipinski definition) is 1. The Balaban J connectivity index is 1.78.